The van der Waals surface area contributed by atoms with Crippen LogP contribution in [0.1, 0.15) is 46.1 Å². The number of amides is 3. The number of carboxylic acids is 1. The van der Waals surface area contributed by atoms with Crippen LogP contribution in [0, 0.1) is 5.92 Å². The molecule has 53 heavy (non-hydrogen) atoms. The van der Waals surface area contributed by atoms with E-state index in [0.717, 1.165) is 16.0 Å². The van der Waals surface area contributed by atoms with Crippen LogP contribution in [0.5, 0.6) is 5.75 Å². The summed E-state index contributed by atoms with van der Waals surface area (Å²) in [6, 6.07) is 2.34. The van der Waals surface area contributed by atoms with Gasteiger partial charge in [-0.05, 0) is 44.9 Å². The SMILES string of the molecule is COc1cc2cc(c1Cl)N(C)C(=O)CC(OC(=O)C(C)N(C)C(=O)COCC(=O)O)C1(C)OC1C(C)C1CC(O)(NC(=O)O1)C(OC)C=CC=C(C)C2. The Kier molecular flexibility index (Phi) is 13.2. The van der Waals surface area contributed by atoms with Crippen LogP contribution in [0.25, 0.3) is 0 Å². The molecule has 3 aliphatic rings. The molecule has 8 atom stereocenters. The molecule has 0 spiro atoms. The average molecular weight is 766 g/mol. The van der Waals surface area contributed by atoms with Crippen molar-refractivity contribution < 1.29 is 62.6 Å². The molecule has 4 rings (SSSR count). The standard InChI is InChI=1S/C36H48ClN3O13/c1-19-10-9-11-26(49-8)36(47)16-25(51-34(46)38-36)20(2)32-35(4,53-32)27(52-33(45)21(3)39(5)29(42)17-50-18-30(43)44)15-28(41)40(6)23-13-22(12-19)14-24(48-7)31(23)37/h9-11,13-14,20-21,25-27,32,47H,12,15-18H2,1-8H3,(H,38,46)(H,43,44). The van der Waals surface area contributed by atoms with E-state index in [9.17, 15) is 29.1 Å². The zero-order valence-corrected chi connectivity index (χ0v) is 31.8. The predicted octanol–water partition coefficient (Wildman–Crippen LogP) is 2.62. The third kappa shape index (κ3) is 9.48. The van der Waals surface area contributed by atoms with Gasteiger partial charge in [0.15, 0.2) is 5.72 Å². The maximum atomic E-state index is 14.1. The number of aliphatic carboxylic acids is 1. The number of anilines is 1. The number of hydrogen-bond donors (Lipinski definition) is 3. The molecule has 0 aromatic heterocycles. The van der Waals surface area contributed by atoms with Crippen LogP contribution in [0.3, 0.4) is 0 Å². The van der Waals surface area contributed by atoms with Crippen molar-refractivity contribution in [1.82, 2.24) is 10.2 Å². The zero-order chi connectivity index (χ0) is 39.4. The summed E-state index contributed by atoms with van der Waals surface area (Å²) in [5.74, 6) is -3.55. The molecule has 17 heteroatoms. The highest BCUT2D eigenvalue weighted by Gasteiger charge is 2.64. The molecular formula is C36H48ClN3O13. The summed E-state index contributed by atoms with van der Waals surface area (Å²) in [5, 5.41) is 23.2. The van der Waals surface area contributed by atoms with Crippen LogP contribution in [-0.4, -0.2) is 128 Å². The summed E-state index contributed by atoms with van der Waals surface area (Å²) < 4.78 is 33.8. The fraction of sp³-hybridized carbons (Fsp3) is 0.583. The van der Waals surface area contributed by atoms with Gasteiger partial charge in [-0.25, -0.2) is 14.4 Å². The van der Waals surface area contributed by atoms with Crippen molar-refractivity contribution in [2.45, 2.75) is 88.7 Å². The van der Waals surface area contributed by atoms with E-state index in [2.05, 4.69) is 5.32 Å². The third-order valence-corrected chi connectivity index (χ3v) is 10.4. The minimum atomic E-state index is -1.86. The number of likely N-dealkylation sites (N-methyl/N-ethyl adjacent to an activating group) is 1. The van der Waals surface area contributed by atoms with Gasteiger partial charge in [0.1, 0.15) is 53.9 Å². The Bertz CT molecular complexity index is 1650. The van der Waals surface area contributed by atoms with Gasteiger partial charge in [-0.3, -0.25) is 14.9 Å². The number of methoxy groups -OCH3 is 2. The summed E-state index contributed by atoms with van der Waals surface area (Å²) in [4.78, 5) is 66.3. The number of aliphatic hydroxyl groups is 1. The third-order valence-electron chi connectivity index (χ3n) is 9.98. The van der Waals surface area contributed by atoms with E-state index >= 15 is 0 Å². The highest BCUT2D eigenvalue weighted by molar-refractivity contribution is 6.35. The van der Waals surface area contributed by atoms with E-state index in [-0.39, 0.29) is 17.9 Å². The first-order valence-corrected chi connectivity index (χ1v) is 17.4. The highest BCUT2D eigenvalue weighted by atomic mass is 35.5. The van der Waals surface area contributed by atoms with Crippen molar-refractivity contribution in [3.8, 4) is 5.75 Å². The summed E-state index contributed by atoms with van der Waals surface area (Å²) >= 11 is 6.72. The van der Waals surface area contributed by atoms with E-state index in [4.69, 9.17) is 45.1 Å². The molecular weight excluding hydrogens is 718 g/mol. The number of ether oxygens (including phenoxy) is 6. The van der Waals surface area contributed by atoms with Gasteiger partial charge in [0.2, 0.25) is 11.8 Å². The molecule has 3 N–H and O–H groups in total. The fourth-order valence-corrected chi connectivity index (χ4v) is 6.86. The molecule has 1 aromatic carbocycles. The zero-order valence-electron chi connectivity index (χ0n) is 31.0. The molecule has 2 fully saturated rings. The molecule has 292 valence electrons. The Morgan fingerprint density at radius 2 is 1.91 bits per heavy atom. The van der Waals surface area contributed by atoms with Crippen molar-refractivity contribution in [3.63, 3.8) is 0 Å². The normalized spacial score (nSPS) is 29.5. The summed E-state index contributed by atoms with van der Waals surface area (Å²) in [7, 11) is 5.73. The Morgan fingerprint density at radius 3 is 2.55 bits per heavy atom. The maximum Gasteiger partial charge on any atom is 0.409 e. The van der Waals surface area contributed by atoms with Crippen molar-refractivity contribution in [2.24, 2.45) is 5.92 Å². The van der Waals surface area contributed by atoms with Crippen LogP contribution in [0.2, 0.25) is 5.02 Å². The molecule has 1 aromatic rings. The van der Waals surface area contributed by atoms with E-state index in [0.29, 0.717) is 17.9 Å². The van der Waals surface area contributed by atoms with E-state index < -0.39 is 90.8 Å². The lowest BCUT2D eigenvalue weighted by atomic mass is 9.83. The van der Waals surface area contributed by atoms with Crippen LogP contribution < -0.4 is 15.0 Å². The number of halogens is 1. The topological polar surface area (TPSA) is 203 Å². The lowest BCUT2D eigenvalue weighted by Crippen LogP contribution is -2.63. The van der Waals surface area contributed by atoms with Crippen molar-refractivity contribution >= 4 is 47.1 Å². The average Bonchev–Trinajstić information content (AvgIpc) is 3.79. The van der Waals surface area contributed by atoms with Gasteiger partial charge >= 0.3 is 18.0 Å². The second-order valence-electron chi connectivity index (χ2n) is 13.8. The monoisotopic (exact) mass is 765 g/mol. The Morgan fingerprint density at radius 1 is 1.21 bits per heavy atom. The van der Waals surface area contributed by atoms with E-state index in [1.165, 1.54) is 40.1 Å². The largest absolute Gasteiger partial charge is 0.495 e. The molecule has 3 amide bonds. The molecule has 0 radical (unpaired) electrons. The predicted molar refractivity (Wildman–Crippen MR) is 189 cm³/mol. The van der Waals surface area contributed by atoms with Gasteiger partial charge in [0, 0.05) is 33.5 Å². The number of carbonyl (C=O) groups is 5. The van der Waals surface area contributed by atoms with Gasteiger partial charge in [-0.2, -0.15) is 0 Å². The Hall–Kier alpha value is -4.22. The van der Waals surface area contributed by atoms with Crippen LogP contribution in [0.15, 0.2) is 35.9 Å². The lowest BCUT2D eigenvalue weighted by molar-refractivity contribution is -0.163. The van der Waals surface area contributed by atoms with E-state index in [1.807, 2.05) is 13.0 Å². The van der Waals surface area contributed by atoms with Crippen LogP contribution >= 0.6 is 11.6 Å². The van der Waals surface area contributed by atoms with Gasteiger partial charge in [0.25, 0.3) is 0 Å². The molecule has 3 aliphatic heterocycles. The first kappa shape index (κ1) is 41.5. The Balaban J connectivity index is 1.73. The molecule has 0 saturated carbocycles. The fourth-order valence-electron chi connectivity index (χ4n) is 6.55. The smallest absolute Gasteiger partial charge is 0.409 e. The molecule has 2 saturated heterocycles. The number of carboxylic acid groups (broad SMARTS) is 1. The molecule has 16 nitrogen and oxygen atoms in total. The van der Waals surface area contributed by atoms with Crippen molar-refractivity contribution in [2.75, 3.05) is 46.4 Å². The number of alkyl carbamates (subject to hydrolysis) is 1. The van der Waals surface area contributed by atoms with Crippen molar-refractivity contribution in [3.05, 3.63) is 46.5 Å². The maximum absolute atomic E-state index is 14.1. The first-order valence-electron chi connectivity index (χ1n) is 17.0. The number of rotatable bonds is 9. The number of nitrogens with one attached hydrogen (secondary N) is 1. The number of fused-ring (bicyclic) bond motifs is 5. The summed E-state index contributed by atoms with van der Waals surface area (Å²) in [5.41, 5.74) is -1.14. The van der Waals surface area contributed by atoms with E-state index in [1.54, 1.807) is 38.1 Å². The number of benzene rings is 1. The lowest BCUT2D eigenvalue weighted by Gasteiger charge is -2.42. The number of nitrogens with zero attached hydrogens (tertiary/aromatic N) is 2. The first-order chi connectivity index (χ1) is 24.8. The second kappa shape index (κ2) is 16.8. The summed E-state index contributed by atoms with van der Waals surface area (Å²) in [6.45, 7) is 5.42. The van der Waals surface area contributed by atoms with Gasteiger partial charge < -0.3 is 48.4 Å². The number of epoxide rings is 1. The number of carbonyl (C=O) groups excluding carboxylic acids is 4. The van der Waals surface area contributed by atoms with Crippen LogP contribution in [0.4, 0.5) is 10.5 Å². The number of esters is 1. The van der Waals surface area contributed by atoms with Gasteiger partial charge in [0.05, 0.1) is 25.3 Å². The number of hydrogen-bond acceptors (Lipinski definition) is 12. The minimum Gasteiger partial charge on any atom is -0.495 e. The van der Waals surface area contributed by atoms with Crippen molar-refractivity contribution in [1.29, 1.82) is 0 Å². The molecule has 4 bridgehead atoms. The molecule has 3 heterocycles. The quantitative estimate of drug-likeness (QED) is 0.245. The van der Waals surface area contributed by atoms with Crippen LogP contribution in [-0.2, 0) is 49.3 Å². The second-order valence-corrected chi connectivity index (χ2v) is 14.2. The summed E-state index contributed by atoms with van der Waals surface area (Å²) in [6.07, 6.45) is 0.437. The molecule has 0 aliphatic carbocycles. The number of allylic oxidation sites excluding steroid dienone is 3. The highest BCUT2D eigenvalue weighted by Crippen LogP contribution is 2.49. The van der Waals surface area contributed by atoms with Gasteiger partial charge in [-0.1, -0.05) is 42.3 Å². The minimum absolute atomic E-state index is 0.0917. The Labute approximate surface area is 312 Å². The van der Waals surface area contributed by atoms with Gasteiger partial charge in [-0.15, -0.1) is 0 Å². The molecule has 8 unspecified atom stereocenters.